The van der Waals surface area contributed by atoms with Crippen LogP contribution in [0.2, 0.25) is 0 Å². The van der Waals surface area contributed by atoms with Crippen LogP contribution in [-0.4, -0.2) is 54.5 Å². The standard InChI is InChI=1S/C19H29N3O/c1-21(15-16-7-3-2-4-8-16)17-9-6-13-22(14-11-17)19(23)18-10-5-12-20-18/h2-4,7-8,17-18,20H,5-6,9-15H2,1H3/t17-,18+/m1/s1. The van der Waals surface area contributed by atoms with Crippen molar-refractivity contribution in [1.82, 2.24) is 15.1 Å². The fourth-order valence-electron chi connectivity index (χ4n) is 3.86. The number of carbonyl (C=O) groups is 1. The van der Waals surface area contributed by atoms with E-state index in [0.29, 0.717) is 11.9 Å². The van der Waals surface area contributed by atoms with E-state index >= 15 is 0 Å². The van der Waals surface area contributed by atoms with Gasteiger partial charge in [-0.1, -0.05) is 30.3 Å². The summed E-state index contributed by atoms with van der Waals surface area (Å²) in [5.74, 6) is 0.328. The minimum absolute atomic E-state index is 0.0774. The Labute approximate surface area is 139 Å². The molecule has 2 fully saturated rings. The largest absolute Gasteiger partial charge is 0.341 e. The van der Waals surface area contributed by atoms with Crippen LogP contribution < -0.4 is 5.32 Å². The molecule has 1 aromatic carbocycles. The summed E-state index contributed by atoms with van der Waals surface area (Å²) in [4.78, 5) is 17.1. The molecule has 2 aliphatic rings. The van der Waals surface area contributed by atoms with Crippen molar-refractivity contribution in [3.8, 4) is 0 Å². The van der Waals surface area contributed by atoms with E-state index in [9.17, 15) is 4.79 Å². The lowest BCUT2D eigenvalue weighted by molar-refractivity contribution is -0.133. The normalized spacial score (nSPS) is 25.6. The Kier molecular flexibility index (Phi) is 5.68. The van der Waals surface area contributed by atoms with Gasteiger partial charge in [-0.25, -0.2) is 0 Å². The fourth-order valence-corrected chi connectivity index (χ4v) is 3.86. The first-order valence-corrected chi connectivity index (χ1v) is 9.00. The van der Waals surface area contributed by atoms with Crippen LogP contribution in [0.5, 0.6) is 0 Å². The summed E-state index contributed by atoms with van der Waals surface area (Å²) in [7, 11) is 2.22. The molecule has 1 N–H and O–H groups in total. The predicted molar refractivity (Wildman–Crippen MR) is 93.2 cm³/mol. The van der Waals surface area contributed by atoms with Gasteiger partial charge >= 0.3 is 0 Å². The van der Waals surface area contributed by atoms with Gasteiger partial charge in [0.25, 0.3) is 0 Å². The number of nitrogens with zero attached hydrogens (tertiary/aromatic N) is 2. The monoisotopic (exact) mass is 315 g/mol. The maximum Gasteiger partial charge on any atom is 0.239 e. The molecule has 0 aliphatic carbocycles. The van der Waals surface area contributed by atoms with Crippen molar-refractivity contribution >= 4 is 5.91 Å². The molecule has 1 amide bonds. The number of amides is 1. The zero-order chi connectivity index (χ0) is 16.1. The van der Waals surface area contributed by atoms with Gasteiger partial charge in [0.15, 0.2) is 0 Å². The van der Waals surface area contributed by atoms with Crippen LogP contribution in [0.25, 0.3) is 0 Å². The molecule has 0 unspecified atom stereocenters. The number of benzene rings is 1. The molecule has 3 rings (SSSR count). The molecule has 4 nitrogen and oxygen atoms in total. The second-order valence-electron chi connectivity index (χ2n) is 6.96. The summed E-state index contributed by atoms with van der Waals surface area (Å²) in [6, 6.07) is 11.3. The van der Waals surface area contributed by atoms with Crippen LogP contribution in [0.1, 0.15) is 37.7 Å². The molecule has 23 heavy (non-hydrogen) atoms. The lowest BCUT2D eigenvalue weighted by atomic mass is 10.1. The van der Waals surface area contributed by atoms with Gasteiger partial charge in [-0.2, -0.15) is 0 Å². The highest BCUT2D eigenvalue weighted by Crippen LogP contribution is 2.19. The van der Waals surface area contributed by atoms with Crippen molar-refractivity contribution in [2.45, 2.75) is 50.7 Å². The topological polar surface area (TPSA) is 35.6 Å². The average molecular weight is 315 g/mol. The third-order valence-electron chi connectivity index (χ3n) is 5.27. The first-order chi connectivity index (χ1) is 11.2. The van der Waals surface area contributed by atoms with Gasteiger partial charge in [0.2, 0.25) is 5.91 Å². The number of hydrogen-bond acceptors (Lipinski definition) is 3. The summed E-state index contributed by atoms with van der Waals surface area (Å²) in [5.41, 5.74) is 1.36. The molecule has 2 atom stereocenters. The molecular weight excluding hydrogens is 286 g/mol. The highest BCUT2D eigenvalue weighted by atomic mass is 16.2. The first kappa shape index (κ1) is 16.5. The lowest BCUT2D eigenvalue weighted by Crippen LogP contribution is -2.44. The fraction of sp³-hybridized carbons (Fsp3) is 0.632. The number of nitrogens with one attached hydrogen (secondary N) is 1. The van der Waals surface area contributed by atoms with E-state index < -0.39 is 0 Å². The SMILES string of the molecule is CN(Cc1ccccc1)[C@@H]1CCCN(C(=O)[C@@H]2CCCN2)CC1. The number of hydrogen-bond donors (Lipinski definition) is 1. The van der Waals surface area contributed by atoms with E-state index in [1.54, 1.807) is 0 Å². The summed E-state index contributed by atoms with van der Waals surface area (Å²) < 4.78 is 0. The van der Waals surface area contributed by atoms with Crippen molar-refractivity contribution in [1.29, 1.82) is 0 Å². The van der Waals surface area contributed by atoms with Crippen molar-refractivity contribution < 1.29 is 4.79 Å². The third-order valence-corrected chi connectivity index (χ3v) is 5.27. The second-order valence-corrected chi connectivity index (χ2v) is 6.96. The minimum atomic E-state index is 0.0774. The van der Waals surface area contributed by atoms with Crippen LogP contribution >= 0.6 is 0 Å². The predicted octanol–water partition coefficient (Wildman–Crippen LogP) is 2.25. The van der Waals surface area contributed by atoms with Crippen molar-refractivity contribution in [2.24, 2.45) is 0 Å². The third kappa shape index (κ3) is 4.33. The van der Waals surface area contributed by atoms with Crippen LogP contribution in [0, 0.1) is 0 Å². The molecule has 126 valence electrons. The van der Waals surface area contributed by atoms with Crippen molar-refractivity contribution in [3.05, 3.63) is 35.9 Å². The number of rotatable bonds is 4. The Balaban J connectivity index is 1.52. The van der Waals surface area contributed by atoms with Crippen LogP contribution in [0.4, 0.5) is 0 Å². The Morgan fingerprint density at radius 1 is 1.17 bits per heavy atom. The quantitative estimate of drug-likeness (QED) is 0.926. The smallest absolute Gasteiger partial charge is 0.239 e. The summed E-state index contributed by atoms with van der Waals surface area (Å²) in [6.45, 7) is 3.81. The minimum Gasteiger partial charge on any atom is -0.341 e. The van der Waals surface area contributed by atoms with Gasteiger partial charge < -0.3 is 10.2 Å². The summed E-state index contributed by atoms with van der Waals surface area (Å²) in [5, 5.41) is 3.34. The number of carbonyl (C=O) groups excluding carboxylic acids is 1. The Hall–Kier alpha value is -1.39. The Morgan fingerprint density at radius 2 is 2.00 bits per heavy atom. The molecular formula is C19H29N3O. The molecule has 0 bridgehead atoms. The van der Waals surface area contributed by atoms with E-state index in [-0.39, 0.29) is 6.04 Å². The lowest BCUT2D eigenvalue weighted by Gasteiger charge is -2.28. The highest BCUT2D eigenvalue weighted by molar-refractivity contribution is 5.82. The van der Waals surface area contributed by atoms with Crippen LogP contribution in [-0.2, 0) is 11.3 Å². The molecule has 0 saturated carbocycles. The molecule has 0 radical (unpaired) electrons. The summed E-state index contributed by atoms with van der Waals surface area (Å²) in [6.07, 6.45) is 5.52. The molecule has 4 heteroatoms. The van der Waals surface area contributed by atoms with Gasteiger partial charge in [0.05, 0.1) is 6.04 Å². The first-order valence-electron chi connectivity index (χ1n) is 9.00. The highest BCUT2D eigenvalue weighted by Gasteiger charge is 2.29. The molecule has 0 spiro atoms. The molecule has 2 heterocycles. The number of likely N-dealkylation sites (tertiary alicyclic amines) is 1. The maximum atomic E-state index is 12.6. The molecule has 1 aromatic rings. The van der Waals surface area contributed by atoms with Gasteiger partial charge in [-0.05, 0) is 51.3 Å². The van der Waals surface area contributed by atoms with Crippen LogP contribution in [0.15, 0.2) is 30.3 Å². The average Bonchev–Trinajstić information content (AvgIpc) is 2.99. The summed E-state index contributed by atoms with van der Waals surface area (Å²) >= 11 is 0. The van der Waals surface area contributed by atoms with E-state index in [1.807, 2.05) is 0 Å². The van der Waals surface area contributed by atoms with E-state index in [0.717, 1.165) is 51.9 Å². The van der Waals surface area contributed by atoms with E-state index in [1.165, 1.54) is 12.0 Å². The molecule has 2 aliphatic heterocycles. The van der Waals surface area contributed by atoms with E-state index in [4.69, 9.17) is 0 Å². The van der Waals surface area contributed by atoms with Crippen LogP contribution in [0.3, 0.4) is 0 Å². The molecule has 2 saturated heterocycles. The van der Waals surface area contributed by atoms with Gasteiger partial charge in [0.1, 0.15) is 0 Å². The van der Waals surface area contributed by atoms with E-state index in [2.05, 4.69) is 52.5 Å². The van der Waals surface area contributed by atoms with Crippen molar-refractivity contribution in [3.63, 3.8) is 0 Å². The zero-order valence-electron chi connectivity index (χ0n) is 14.2. The Morgan fingerprint density at radius 3 is 2.74 bits per heavy atom. The molecule has 0 aromatic heterocycles. The van der Waals surface area contributed by atoms with Gasteiger partial charge in [-0.15, -0.1) is 0 Å². The Bertz CT molecular complexity index is 499. The second kappa shape index (κ2) is 7.93. The zero-order valence-corrected chi connectivity index (χ0v) is 14.2. The maximum absolute atomic E-state index is 12.6. The van der Waals surface area contributed by atoms with Gasteiger partial charge in [0, 0.05) is 25.7 Å². The van der Waals surface area contributed by atoms with Crippen molar-refractivity contribution in [2.75, 3.05) is 26.7 Å². The van der Waals surface area contributed by atoms with Gasteiger partial charge in [-0.3, -0.25) is 9.69 Å².